The van der Waals surface area contributed by atoms with E-state index < -0.39 is 12.6 Å². The fourth-order valence-electron chi connectivity index (χ4n) is 2.12. The van der Waals surface area contributed by atoms with Gasteiger partial charge in [0.25, 0.3) is 0 Å². The number of fused-ring (bicyclic) bond motifs is 1. The predicted octanol–water partition coefficient (Wildman–Crippen LogP) is 4.65. The Balaban J connectivity index is 1.95. The maximum absolute atomic E-state index is 12.5. The molecule has 3 aromatic rings. The molecule has 0 saturated heterocycles. The maximum atomic E-state index is 12.5. The number of benzene rings is 1. The Bertz CT molecular complexity index is 962. The minimum atomic E-state index is -4.29. The maximum Gasteiger partial charge on any atom is 0.390 e. The van der Waals surface area contributed by atoms with E-state index in [2.05, 4.69) is 15.0 Å². The second kappa shape index (κ2) is 6.89. The fourth-order valence-corrected chi connectivity index (χ4v) is 3.66. The van der Waals surface area contributed by atoms with Crippen LogP contribution in [0.3, 0.4) is 0 Å². The predicted molar refractivity (Wildman–Crippen MR) is 89.0 cm³/mol. The average Bonchev–Trinajstić information content (AvgIpc) is 2.89. The SMILES string of the molecule is N=c1ncn(CCC(F)(F)F)c2nc(Sc3cc(Cl)cc(Cl)c3)[nH]c12. The van der Waals surface area contributed by atoms with Crippen LogP contribution in [0.15, 0.2) is 34.6 Å². The van der Waals surface area contributed by atoms with E-state index in [0.717, 1.165) is 0 Å². The third-order valence-electron chi connectivity index (χ3n) is 3.18. The van der Waals surface area contributed by atoms with Crippen molar-refractivity contribution in [3.8, 4) is 0 Å². The summed E-state index contributed by atoms with van der Waals surface area (Å²) in [6, 6.07) is 4.95. The zero-order valence-electron chi connectivity index (χ0n) is 12.4. The summed E-state index contributed by atoms with van der Waals surface area (Å²) in [7, 11) is 0. The third kappa shape index (κ3) is 4.47. The molecule has 132 valence electrons. The summed E-state index contributed by atoms with van der Waals surface area (Å²) in [6.07, 6.45) is -4.11. The van der Waals surface area contributed by atoms with E-state index in [4.69, 9.17) is 28.6 Å². The highest BCUT2D eigenvalue weighted by molar-refractivity contribution is 7.99. The van der Waals surface area contributed by atoms with Gasteiger partial charge in [-0.05, 0) is 18.2 Å². The Labute approximate surface area is 153 Å². The molecule has 0 fully saturated rings. The van der Waals surface area contributed by atoms with Gasteiger partial charge in [-0.2, -0.15) is 13.2 Å². The Kier molecular flexibility index (Phi) is 4.99. The summed E-state index contributed by atoms with van der Waals surface area (Å²) in [6.45, 7) is -0.328. The van der Waals surface area contributed by atoms with Gasteiger partial charge < -0.3 is 9.55 Å². The molecule has 1 aromatic carbocycles. The largest absolute Gasteiger partial charge is 0.390 e. The molecule has 2 heterocycles. The second-order valence-electron chi connectivity index (χ2n) is 5.10. The summed E-state index contributed by atoms with van der Waals surface area (Å²) in [5.41, 5.74) is 0.405. The number of aromatic nitrogens is 4. The summed E-state index contributed by atoms with van der Waals surface area (Å²) in [5, 5.41) is 9.11. The van der Waals surface area contributed by atoms with Gasteiger partial charge in [0, 0.05) is 21.5 Å². The molecule has 11 heteroatoms. The number of H-pyrrole nitrogens is 1. The first kappa shape index (κ1) is 18.1. The molecule has 0 amide bonds. The van der Waals surface area contributed by atoms with Gasteiger partial charge in [0.2, 0.25) is 0 Å². The molecule has 0 spiro atoms. The van der Waals surface area contributed by atoms with Gasteiger partial charge >= 0.3 is 6.18 Å². The van der Waals surface area contributed by atoms with E-state index in [0.29, 0.717) is 20.1 Å². The van der Waals surface area contributed by atoms with E-state index in [9.17, 15) is 13.2 Å². The molecule has 0 saturated carbocycles. The first-order chi connectivity index (χ1) is 11.7. The van der Waals surface area contributed by atoms with Gasteiger partial charge in [-0.1, -0.05) is 35.0 Å². The van der Waals surface area contributed by atoms with E-state index in [1.54, 1.807) is 18.2 Å². The van der Waals surface area contributed by atoms with Crippen LogP contribution in [0.2, 0.25) is 10.0 Å². The van der Waals surface area contributed by atoms with Crippen LogP contribution in [-0.2, 0) is 6.54 Å². The van der Waals surface area contributed by atoms with Gasteiger partial charge in [-0.3, -0.25) is 5.41 Å². The molecule has 0 atom stereocenters. The molecule has 3 rings (SSSR count). The van der Waals surface area contributed by atoms with Crippen molar-refractivity contribution < 1.29 is 13.2 Å². The highest BCUT2D eigenvalue weighted by Gasteiger charge is 2.27. The quantitative estimate of drug-likeness (QED) is 0.661. The van der Waals surface area contributed by atoms with Crippen molar-refractivity contribution in [2.45, 2.75) is 29.2 Å². The molecule has 0 unspecified atom stereocenters. The zero-order chi connectivity index (χ0) is 18.2. The number of nitrogens with one attached hydrogen (secondary N) is 2. The first-order valence-electron chi connectivity index (χ1n) is 6.92. The minimum absolute atomic E-state index is 0.0956. The number of rotatable bonds is 4. The summed E-state index contributed by atoms with van der Waals surface area (Å²) in [5.74, 6) is 0. The van der Waals surface area contributed by atoms with Crippen LogP contribution in [-0.4, -0.2) is 25.7 Å². The van der Waals surface area contributed by atoms with Crippen LogP contribution in [0.4, 0.5) is 13.2 Å². The van der Waals surface area contributed by atoms with Crippen LogP contribution >= 0.6 is 35.0 Å². The molecule has 2 N–H and O–H groups in total. The third-order valence-corrected chi connectivity index (χ3v) is 4.48. The lowest BCUT2D eigenvalue weighted by Crippen LogP contribution is -2.16. The highest BCUT2D eigenvalue weighted by atomic mass is 35.5. The van der Waals surface area contributed by atoms with Crippen molar-refractivity contribution in [2.24, 2.45) is 0 Å². The van der Waals surface area contributed by atoms with Crippen molar-refractivity contribution in [3.63, 3.8) is 0 Å². The van der Waals surface area contributed by atoms with Crippen LogP contribution in [0.25, 0.3) is 11.2 Å². The average molecular weight is 408 g/mol. The van der Waals surface area contributed by atoms with Crippen LogP contribution in [0.1, 0.15) is 6.42 Å². The summed E-state index contributed by atoms with van der Waals surface area (Å²) < 4.78 is 38.7. The van der Waals surface area contributed by atoms with Crippen molar-refractivity contribution >= 4 is 46.1 Å². The fraction of sp³-hybridized carbons (Fsp3) is 0.214. The van der Waals surface area contributed by atoms with Crippen molar-refractivity contribution in [1.29, 1.82) is 5.41 Å². The molecule has 0 bridgehead atoms. The Morgan fingerprint density at radius 3 is 2.52 bits per heavy atom. The normalized spacial score (nSPS) is 12.0. The van der Waals surface area contributed by atoms with Gasteiger partial charge in [0.15, 0.2) is 16.3 Å². The number of imidazole rings is 1. The molecule has 0 aliphatic rings. The molecule has 25 heavy (non-hydrogen) atoms. The second-order valence-corrected chi connectivity index (χ2v) is 7.03. The molecule has 0 aliphatic carbocycles. The minimum Gasteiger partial charge on any atom is -0.328 e. The lowest BCUT2D eigenvalue weighted by molar-refractivity contribution is -0.136. The number of hydrogen-bond acceptors (Lipinski definition) is 4. The number of alkyl halides is 3. The zero-order valence-corrected chi connectivity index (χ0v) is 14.7. The number of aryl methyl sites for hydroxylation is 1. The van der Waals surface area contributed by atoms with Gasteiger partial charge in [-0.25, -0.2) is 9.97 Å². The van der Waals surface area contributed by atoms with Gasteiger partial charge in [0.05, 0.1) is 12.7 Å². The lowest BCUT2D eigenvalue weighted by atomic mass is 10.4. The first-order valence-corrected chi connectivity index (χ1v) is 8.49. The monoisotopic (exact) mass is 407 g/mol. The molecule has 2 aromatic heterocycles. The van der Waals surface area contributed by atoms with Crippen molar-refractivity contribution in [3.05, 3.63) is 40.1 Å². The van der Waals surface area contributed by atoms with Crippen LogP contribution in [0, 0.1) is 5.41 Å². The van der Waals surface area contributed by atoms with Gasteiger partial charge in [-0.15, -0.1) is 0 Å². The van der Waals surface area contributed by atoms with E-state index in [-0.39, 0.29) is 23.2 Å². The Morgan fingerprint density at radius 2 is 1.88 bits per heavy atom. The van der Waals surface area contributed by atoms with Gasteiger partial charge in [0.1, 0.15) is 5.52 Å². The number of aromatic amines is 1. The van der Waals surface area contributed by atoms with Crippen molar-refractivity contribution in [1.82, 2.24) is 19.5 Å². The van der Waals surface area contributed by atoms with Crippen molar-refractivity contribution in [2.75, 3.05) is 0 Å². The Morgan fingerprint density at radius 1 is 1.20 bits per heavy atom. The molecule has 0 radical (unpaired) electrons. The summed E-state index contributed by atoms with van der Waals surface area (Å²) in [4.78, 5) is 11.7. The van der Waals surface area contributed by atoms with E-state index in [1.807, 2.05) is 0 Å². The number of nitrogens with zero attached hydrogens (tertiary/aromatic N) is 3. The number of halogens is 5. The molecule has 5 nitrogen and oxygen atoms in total. The molecule has 0 aliphatic heterocycles. The molecular formula is C14H10Cl2F3N5S. The lowest BCUT2D eigenvalue weighted by Gasteiger charge is -2.09. The summed E-state index contributed by atoms with van der Waals surface area (Å²) >= 11 is 13.1. The highest BCUT2D eigenvalue weighted by Crippen LogP contribution is 2.31. The van der Waals surface area contributed by atoms with E-state index >= 15 is 0 Å². The van der Waals surface area contributed by atoms with Crippen LogP contribution < -0.4 is 5.49 Å². The van der Waals surface area contributed by atoms with E-state index in [1.165, 1.54) is 22.7 Å². The Hall–Kier alpha value is -1.71. The molecular weight excluding hydrogens is 398 g/mol. The topological polar surface area (TPSA) is 70.3 Å². The smallest absolute Gasteiger partial charge is 0.328 e. The standard InChI is InChI=1S/C14H10Cl2F3N5S/c15-7-3-8(16)5-9(4-7)25-13-22-10-11(20)21-6-24(12(10)23-13)2-1-14(17,18)19/h3-6,20H,1-2H2,(H,22,23). The van der Waals surface area contributed by atoms with Crippen LogP contribution in [0.5, 0.6) is 0 Å². The number of hydrogen-bond donors (Lipinski definition) is 2.